The van der Waals surface area contributed by atoms with Crippen LogP contribution in [0, 0.1) is 20.8 Å². The van der Waals surface area contributed by atoms with Crippen molar-refractivity contribution in [3.05, 3.63) is 358 Å². The Morgan fingerprint density at radius 1 is 0.300 bits per heavy atom. The van der Waals surface area contributed by atoms with Crippen LogP contribution in [0.15, 0.2) is 291 Å². The van der Waals surface area contributed by atoms with E-state index in [1.165, 1.54) is 133 Å². The Morgan fingerprint density at radius 2 is 0.738 bits per heavy atom. The van der Waals surface area contributed by atoms with Crippen LogP contribution in [-0.2, 0) is 10.8 Å². The van der Waals surface area contributed by atoms with Gasteiger partial charge in [-0.3, -0.25) is 0 Å². The third kappa shape index (κ3) is 9.21. The van der Waals surface area contributed by atoms with Gasteiger partial charge in [-0.25, -0.2) is 0 Å². The summed E-state index contributed by atoms with van der Waals surface area (Å²) in [5, 5.41) is 2.65. The van der Waals surface area contributed by atoms with Gasteiger partial charge in [0.2, 0.25) is 0 Å². The summed E-state index contributed by atoms with van der Waals surface area (Å²) in [6.07, 6.45) is 0. The van der Waals surface area contributed by atoms with Crippen LogP contribution in [0.2, 0.25) is 0 Å². The van der Waals surface area contributed by atoms with E-state index in [9.17, 15) is 0 Å². The first kappa shape index (κ1) is 51.4. The Bertz CT molecular complexity index is 4110. The molecule has 12 aromatic carbocycles. The second-order valence-corrected chi connectivity index (χ2v) is 22.1. The van der Waals surface area contributed by atoms with Crippen molar-refractivity contribution in [3.8, 4) is 44.5 Å². The molecular formula is C80H66. The van der Waals surface area contributed by atoms with Crippen molar-refractivity contribution in [2.45, 2.75) is 52.4 Å². The van der Waals surface area contributed by atoms with E-state index in [4.69, 9.17) is 0 Å². The molecule has 0 fully saturated rings. The monoisotopic (exact) mass is 1030 g/mol. The number of hydrogen-bond acceptors (Lipinski definition) is 0. The first-order valence-electron chi connectivity index (χ1n) is 28.2. The number of fused-ring (bicyclic) bond motifs is 14. The Balaban J connectivity index is 0.000000108. The van der Waals surface area contributed by atoms with E-state index in [1.54, 1.807) is 0 Å². The number of allylic oxidation sites excluding steroid dienone is 1. The van der Waals surface area contributed by atoms with Gasteiger partial charge in [0.05, 0.1) is 5.41 Å². The highest BCUT2D eigenvalue weighted by atomic mass is 14.5. The highest BCUT2D eigenvalue weighted by Gasteiger charge is 2.51. The fourth-order valence-electron chi connectivity index (χ4n) is 13.1. The molecule has 0 saturated heterocycles. The molecule has 0 radical (unpaired) electrons. The van der Waals surface area contributed by atoms with Crippen molar-refractivity contribution in [2.75, 3.05) is 0 Å². The van der Waals surface area contributed by atoms with Crippen molar-refractivity contribution in [1.82, 2.24) is 0 Å². The lowest BCUT2D eigenvalue weighted by Crippen LogP contribution is -2.25. The van der Waals surface area contributed by atoms with Gasteiger partial charge in [0.25, 0.3) is 0 Å². The number of aryl methyl sites for hydroxylation is 3. The summed E-state index contributed by atoms with van der Waals surface area (Å²) in [6, 6.07) is 105. The minimum atomic E-state index is -0.189. The topological polar surface area (TPSA) is 0 Å². The van der Waals surface area contributed by atoms with Crippen LogP contribution in [0.4, 0.5) is 0 Å². The van der Waals surface area contributed by atoms with E-state index in [2.05, 4.69) is 333 Å². The fraction of sp³-hybridized carbons (Fsp3) is 0.100. The summed E-state index contributed by atoms with van der Waals surface area (Å²) in [6.45, 7) is 13.4. The smallest absolute Gasteiger partial charge is 0.0622 e. The van der Waals surface area contributed by atoms with Gasteiger partial charge in [-0.05, 0) is 161 Å². The van der Waals surface area contributed by atoms with E-state index in [0.29, 0.717) is 0 Å². The van der Waals surface area contributed by atoms with Crippen LogP contribution < -0.4 is 0 Å². The van der Waals surface area contributed by atoms with Crippen LogP contribution in [0.25, 0.3) is 66.4 Å². The Hall–Kier alpha value is -9.36. The second kappa shape index (κ2) is 21.8. The fourth-order valence-corrected chi connectivity index (χ4v) is 13.1. The van der Waals surface area contributed by atoms with E-state index in [-0.39, 0.29) is 10.8 Å². The average Bonchev–Trinajstić information content (AvgIpc) is 4.27. The third-order valence-corrected chi connectivity index (χ3v) is 16.9. The molecule has 0 amide bonds. The Kier molecular flexibility index (Phi) is 14.0. The third-order valence-electron chi connectivity index (χ3n) is 16.9. The molecule has 12 aromatic rings. The molecule has 15 rings (SSSR count). The Morgan fingerprint density at radius 3 is 1.30 bits per heavy atom. The molecule has 0 aromatic heterocycles. The van der Waals surface area contributed by atoms with E-state index in [0.717, 1.165) is 0 Å². The minimum absolute atomic E-state index is 0.151. The largest absolute Gasteiger partial charge is 0.0725 e. The van der Waals surface area contributed by atoms with E-state index in [1.807, 2.05) is 0 Å². The molecule has 0 heteroatoms. The SMILES string of the molecule is CC(=C(c1ccccc1)c1ccccc1)c1ccccc1.Cc1cc(-c2ccccc2)cc2ccccc12.Cc1ccc2c(c1)C1(c3ccccc3-c3ccccc31)c1ccccc1-2.Cc1cccc2c1-c1ccccc1C2(C)C. The predicted octanol–water partition coefficient (Wildman–Crippen LogP) is 21.1. The van der Waals surface area contributed by atoms with Gasteiger partial charge in [-0.1, -0.05) is 305 Å². The van der Waals surface area contributed by atoms with Crippen molar-refractivity contribution in [2.24, 2.45) is 0 Å². The summed E-state index contributed by atoms with van der Waals surface area (Å²) < 4.78 is 0. The summed E-state index contributed by atoms with van der Waals surface area (Å²) in [4.78, 5) is 0. The van der Waals surface area contributed by atoms with Gasteiger partial charge in [0, 0.05) is 5.41 Å². The van der Waals surface area contributed by atoms with Gasteiger partial charge >= 0.3 is 0 Å². The number of rotatable bonds is 4. The van der Waals surface area contributed by atoms with Gasteiger partial charge in [0.1, 0.15) is 0 Å². The molecule has 1 spiro atoms. The maximum atomic E-state index is 2.40. The molecule has 386 valence electrons. The highest BCUT2D eigenvalue weighted by Crippen LogP contribution is 2.62. The molecule has 0 atom stereocenters. The van der Waals surface area contributed by atoms with Crippen LogP contribution in [-0.4, -0.2) is 0 Å². The molecule has 0 nitrogen and oxygen atoms in total. The normalized spacial score (nSPS) is 12.8. The minimum Gasteiger partial charge on any atom is -0.0622 e. The van der Waals surface area contributed by atoms with Gasteiger partial charge in [-0.2, -0.15) is 0 Å². The van der Waals surface area contributed by atoms with Crippen molar-refractivity contribution >= 4 is 21.9 Å². The van der Waals surface area contributed by atoms with Crippen LogP contribution in [0.1, 0.15) is 87.5 Å². The number of benzene rings is 12. The molecular weight excluding hydrogens is 961 g/mol. The first-order valence-corrected chi connectivity index (χ1v) is 28.2. The van der Waals surface area contributed by atoms with Crippen LogP contribution in [0.3, 0.4) is 0 Å². The maximum Gasteiger partial charge on any atom is 0.0725 e. The lowest BCUT2D eigenvalue weighted by molar-refractivity contribution is 0.660. The summed E-state index contributed by atoms with van der Waals surface area (Å²) in [5.74, 6) is 0. The van der Waals surface area contributed by atoms with Gasteiger partial charge < -0.3 is 0 Å². The molecule has 0 saturated carbocycles. The van der Waals surface area contributed by atoms with E-state index < -0.39 is 0 Å². The molecule has 80 heavy (non-hydrogen) atoms. The van der Waals surface area contributed by atoms with E-state index >= 15 is 0 Å². The molecule has 3 aliphatic rings. The molecule has 3 aliphatic carbocycles. The average molecular weight is 1030 g/mol. The molecule has 0 unspecified atom stereocenters. The first-order chi connectivity index (χ1) is 39.1. The zero-order chi connectivity index (χ0) is 54.8. The Labute approximate surface area is 474 Å². The zero-order valence-electron chi connectivity index (χ0n) is 46.7. The summed E-state index contributed by atoms with van der Waals surface area (Å²) in [7, 11) is 0. The van der Waals surface area contributed by atoms with Crippen molar-refractivity contribution < 1.29 is 0 Å². The van der Waals surface area contributed by atoms with Gasteiger partial charge in [0.15, 0.2) is 0 Å². The zero-order valence-corrected chi connectivity index (χ0v) is 46.7. The highest BCUT2D eigenvalue weighted by molar-refractivity contribution is 5.98. The predicted molar refractivity (Wildman–Crippen MR) is 341 cm³/mol. The maximum absolute atomic E-state index is 2.40. The van der Waals surface area contributed by atoms with Crippen molar-refractivity contribution in [3.63, 3.8) is 0 Å². The summed E-state index contributed by atoms with van der Waals surface area (Å²) in [5.41, 5.74) is 29.9. The summed E-state index contributed by atoms with van der Waals surface area (Å²) >= 11 is 0. The lowest BCUT2D eigenvalue weighted by Gasteiger charge is -2.30. The quantitative estimate of drug-likeness (QED) is 0.154. The van der Waals surface area contributed by atoms with Crippen LogP contribution >= 0.6 is 0 Å². The number of hydrogen-bond donors (Lipinski definition) is 0. The second-order valence-electron chi connectivity index (χ2n) is 22.1. The molecule has 0 bridgehead atoms. The van der Waals surface area contributed by atoms with Crippen molar-refractivity contribution in [1.29, 1.82) is 0 Å². The molecule has 0 aliphatic heterocycles. The lowest BCUT2D eigenvalue weighted by atomic mass is 9.70. The van der Waals surface area contributed by atoms with Crippen LogP contribution in [0.5, 0.6) is 0 Å². The van der Waals surface area contributed by atoms with Gasteiger partial charge in [-0.15, -0.1) is 0 Å². The molecule has 0 heterocycles. The molecule has 0 N–H and O–H groups in total. The standard InChI is InChI=1S/C26H18.C21H18.C17H14.C16H16/c1-17-14-15-21-20-10-4-7-13-24(20)26(25(21)16-17)22-11-5-2-8-18(22)19-9-3-6-12-23(19)26;1-17(18-11-5-2-6-12-18)21(19-13-7-3-8-14-19)20-15-9-4-10-16-20;1-13-11-16(14-7-3-2-4-8-14)12-15-9-5-6-10-17(13)15;1-11-7-6-10-14-15(11)12-8-4-5-9-13(12)16(14,2)3/h2-16H,1H3;2-16H,1H3;2-12H,1H3;4-10H,1-3H3.